The molecule has 1 unspecified atom stereocenters. The van der Waals surface area contributed by atoms with E-state index in [0.717, 1.165) is 12.0 Å². The normalized spacial score (nSPS) is 12.6. The zero-order chi connectivity index (χ0) is 12.4. The number of anilines is 1. The lowest BCUT2D eigenvalue weighted by atomic mass is 10.1. The highest BCUT2D eigenvalue weighted by molar-refractivity contribution is 6.33. The second kappa shape index (κ2) is 4.71. The van der Waals surface area contributed by atoms with Gasteiger partial charge in [0.25, 0.3) is 0 Å². The van der Waals surface area contributed by atoms with E-state index in [2.05, 4.69) is 29.4 Å². The first-order valence-electron chi connectivity index (χ1n) is 5.46. The van der Waals surface area contributed by atoms with E-state index >= 15 is 0 Å². The van der Waals surface area contributed by atoms with Crippen molar-refractivity contribution < 1.29 is 0 Å². The number of tetrazole rings is 1. The number of nitrogens with two attached hydrogens (primary N) is 1. The zero-order valence-electron chi connectivity index (χ0n) is 9.76. The van der Waals surface area contributed by atoms with Crippen molar-refractivity contribution in [2.75, 3.05) is 5.73 Å². The van der Waals surface area contributed by atoms with Gasteiger partial charge < -0.3 is 5.73 Å². The first-order valence-corrected chi connectivity index (χ1v) is 5.84. The number of hydrogen-bond acceptors (Lipinski definition) is 4. The molecule has 0 bridgehead atoms. The number of aromatic nitrogens is 4. The van der Waals surface area contributed by atoms with E-state index in [9.17, 15) is 0 Å². The number of hydrogen-bond donors (Lipinski definition) is 1. The minimum absolute atomic E-state index is 0.220. The molecule has 0 aliphatic rings. The Kier molecular flexibility index (Phi) is 3.28. The summed E-state index contributed by atoms with van der Waals surface area (Å²) in [6.45, 7) is 4.14. The topological polar surface area (TPSA) is 69.6 Å². The van der Waals surface area contributed by atoms with Crippen molar-refractivity contribution in [2.24, 2.45) is 0 Å². The molecule has 0 fully saturated rings. The van der Waals surface area contributed by atoms with Crippen LogP contribution in [-0.2, 0) is 0 Å². The Morgan fingerprint density at radius 2 is 2.24 bits per heavy atom. The molecule has 2 rings (SSSR count). The largest absolute Gasteiger partial charge is 0.399 e. The second-order valence-corrected chi connectivity index (χ2v) is 4.35. The molecule has 0 spiro atoms. The van der Waals surface area contributed by atoms with Gasteiger partial charge in [0.05, 0.1) is 11.1 Å². The molecule has 1 atom stereocenters. The monoisotopic (exact) mass is 251 g/mol. The molecule has 0 aliphatic carbocycles. The summed E-state index contributed by atoms with van der Waals surface area (Å²) in [5.41, 5.74) is 7.16. The number of halogens is 1. The van der Waals surface area contributed by atoms with Crippen LogP contribution in [0.1, 0.15) is 26.3 Å². The third-order valence-electron chi connectivity index (χ3n) is 2.73. The standard InChI is InChI=1S/C11H14ClN5/c1-3-7(2)17-11(14-15-16-17)9-6-8(13)4-5-10(9)12/h4-7H,3,13H2,1-2H3. The molecule has 1 heterocycles. The molecule has 0 aliphatic heterocycles. The summed E-state index contributed by atoms with van der Waals surface area (Å²) in [6.07, 6.45) is 0.942. The highest BCUT2D eigenvalue weighted by Gasteiger charge is 2.15. The van der Waals surface area contributed by atoms with Crippen molar-refractivity contribution in [3.8, 4) is 11.4 Å². The van der Waals surface area contributed by atoms with E-state index in [-0.39, 0.29) is 6.04 Å². The lowest BCUT2D eigenvalue weighted by molar-refractivity contribution is 0.469. The van der Waals surface area contributed by atoms with Crippen LogP contribution in [0.25, 0.3) is 11.4 Å². The Morgan fingerprint density at radius 1 is 1.47 bits per heavy atom. The minimum atomic E-state index is 0.220. The maximum Gasteiger partial charge on any atom is 0.183 e. The molecule has 0 saturated heterocycles. The van der Waals surface area contributed by atoms with Crippen molar-refractivity contribution >= 4 is 17.3 Å². The predicted octanol–water partition coefficient (Wildman–Crippen LogP) is 2.55. The van der Waals surface area contributed by atoms with Gasteiger partial charge in [-0.1, -0.05) is 18.5 Å². The smallest absolute Gasteiger partial charge is 0.183 e. The Labute approximate surface area is 105 Å². The Hall–Kier alpha value is -1.62. The molecule has 0 radical (unpaired) electrons. The van der Waals surface area contributed by atoms with Crippen LogP contribution in [0, 0.1) is 0 Å². The summed E-state index contributed by atoms with van der Waals surface area (Å²) in [7, 11) is 0. The van der Waals surface area contributed by atoms with Gasteiger partial charge in [0.2, 0.25) is 0 Å². The van der Waals surface area contributed by atoms with Crippen molar-refractivity contribution in [3.05, 3.63) is 23.2 Å². The predicted molar refractivity (Wildman–Crippen MR) is 67.7 cm³/mol. The van der Waals surface area contributed by atoms with Crippen molar-refractivity contribution in [3.63, 3.8) is 0 Å². The quantitative estimate of drug-likeness (QED) is 0.851. The van der Waals surface area contributed by atoms with Crippen LogP contribution in [0.15, 0.2) is 18.2 Å². The average Bonchev–Trinajstić information content (AvgIpc) is 2.80. The molecule has 0 amide bonds. The van der Waals surface area contributed by atoms with Gasteiger partial charge in [-0.25, -0.2) is 4.68 Å². The average molecular weight is 252 g/mol. The molecule has 2 aromatic rings. The molecule has 1 aromatic heterocycles. The molecule has 5 nitrogen and oxygen atoms in total. The molecular formula is C11H14ClN5. The number of rotatable bonds is 3. The maximum absolute atomic E-state index is 6.14. The van der Waals surface area contributed by atoms with Crippen LogP contribution in [0.5, 0.6) is 0 Å². The molecular weight excluding hydrogens is 238 g/mol. The minimum Gasteiger partial charge on any atom is -0.399 e. The van der Waals surface area contributed by atoms with Gasteiger partial charge >= 0.3 is 0 Å². The molecule has 90 valence electrons. The van der Waals surface area contributed by atoms with Crippen LogP contribution in [0.2, 0.25) is 5.02 Å². The lowest BCUT2D eigenvalue weighted by Crippen LogP contribution is -2.08. The van der Waals surface area contributed by atoms with E-state index in [4.69, 9.17) is 17.3 Å². The first-order chi connectivity index (χ1) is 8.13. The fourth-order valence-electron chi connectivity index (χ4n) is 1.56. The number of nitrogens with zero attached hydrogens (tertiary/aromatic N) is 4. The Balaban J connectivity index is 2.53. The molecule has 0 saturated carbocycles. The van der Waals surface area contributed by atoms with Crippen LogP contribution < -0.4 is 5.73 Å². The van der Waals surface area contributed by atoms with Crippen molar-refractivity contribution in [2.45, 2.75) is 26.3 Å². The van der Waals surface area contributed by atoms with Crippen molar-refractivity contribution in [1.29, 1.82) is 0 Å². The molecule has 2 N–H and O–H groups in total. The maximum atomic E-state index is 6.14. The number of benzene rings is 1. The summed E-state index contributed by atoms with van der Waals surface area (Å²) in [4.78, 5) is 0. The Morgan fingerprint density at radius 3 is 2.94 bits per heavy atom. The fourth-order valence-corrected chi connectivity index (χ4v) is 1.76. The SMILES string of the molecule is CCC(C)n1nnnc1-c1cc(N)ccc1Cl. The van der Waals surface area contributed by atoms with Crippen LogP contribution in [0.3, 0.4) is 0 Å². The third kappa shape index (κ3) is 2.24. The second-order valence-electron chi connectivity index (χ2n) is 3.94. The fraction of sp³-hybridized carbons (Fsp3) is 0.364. The van der Waals surface area contributed by atoms with Crippen molar-refractivity contribution in [1.82, 2.24) is 20.2 Å². The molecule has 1 aromatic carbocycles. The molecule has 17 heavy (non-hydrogen) atoms. The third-order valence-corrected chi connectivity index (χ3v) is 3.06. The number of nitrogen functional groups attached to an aromatic ring is 1. The van der Waals surface area contributed by atoms with Gasteiger partial charge in [0.15, 0.2) is 5.82 Å². The highest BCUT2D eigenvalue weighted by atomic mass is 35.5. The molecule has 6 heteroatoms. The van der Waals surface area contributed by atoms with Crippen LogP contribution >= 0.6 is 11.6 Å². The van der Waals surface area contributed by atoms with E-state index in [0.29, 0.717) is 16.5 Å². The van der Waals surface area contributed by atoms with Gasteiger partial charge in [-0.2, -0.15) is 0 Å². The summed E-state index contributed by atoms with van der Waals surface area (Å²) in [6, 6.07) is 5.51. The highest BCUT2D eigenvalue weighted by Crippen LogP contribution is 2.29. The lowest BCUT2D eigenvalue weighted by Gasteiger charge is -2.11. The van der Waals surface area contributed by atoms with Gasteiger partial charge in [-0.15, -0.1) is 5.10 Å². The summed E-state index contributed by atoms with van der Waals surface area (Å²) in [5.74, 6) is 0.650. The van der Waals surface area contributed by atoms with E-state index in [1.807, 2.05) is 0 Å². The summed E-state index contributed by atoms with van der Waals surface area (Å²) >= 11 is 6.14. The van der Waals surface area contributed by atoms with Gasteiger partial charge in [-0.3, -0.25) is 0 Å². The van der Waals surface area contributed by atoms with Gasteiger partial charge in [0.1, 0.15) is 0 Å². The first kappa shape index (κ1) is 11.9. The summed E-state index contributed by atoms with van der Waals surface area (Å²) in [5, 5.41) is 12.3. The van der Waals surface area contributed by atoms with E-state index in [1.54, 1.807) is 22.9 Å². The van der Waals surface area contributed by atoms with E-state index < -0.39 is 0 Å². The van der Waals surface area contributed by atoms with Crippen LogP contribution in [0.4, 0.5) is 5.69 Å². The van der Waals surface area contributed by atoms with Crippen LogP contribution in [-0.4, -0.2) is 20.2 Å². The van der Waals surface area contributed by atoms with E-state index in [1.165, 1.54) is 0 Å². The van der Waals surface area contributed by atoms with Gasteiger partial charge in [0, 0.05) is 11.3 Å². The Bertz CT molecular complexity index is 522. The van der Waals surface area contributed by atoms with Gasteiger partial charge in [-0.05, 0) is 42.0 Å². The summed E-state index contributed by atoms with van der Waals surface area (Å²) < 4.78 is 1.76. The zero-order valence-corrected chi connectivity index (χ0v) is 10.5.